The average molecular weight is 190 g/mol. The van der Waals surface area contributed by atoms with Gasteiger partial charge in [0, 0.05) is 24.3 Å². The van der Waals surface area contributed by atoms with Gasteiger partial charge in [0.15, 0.2) is 0 Å². The van der Waals surface area contributed by atoms with E-state index in [4.69, 9.17) is 0 Å². The van der Waals surface area contributed by atoms with Crippen molar-refractivity contribution in [3.8, 4) is 0 Å². The maximum Gasteiger partial charge on any atom is 0.251 e. The molecule has 1 amide bonds. The maximum absolute atomic E-state index is 11.7. The number of hydrogen-bond donors (Lipinski definition) is 2. The average Bonchev–Trinajstić information content (AvgIpc) is 2.65. The summed E-state index contributed by atoms with van der Waals surface area (Å²) in [4.78, 5) is 11.7. The lowest BCUT2D eigenvalue weighted by Crippen LogP contribution is -2.23. The third kappa shape index (κ3) is 1.45. The number of hydrogen-bond acceptors (Lipinski definition) is 2. The minimum absolute atomic E-state index is 0.0352. The lowest BCUT2D eigenvalue weighted by molar-refractivity contribution is 0.0955. The second kappa shape index (κ2) is 3.70. The fourth-order valence-electron chi connectivity index (χ4n) is 1.81. The lowest BCUT2D eigenvalue weighted by atomic mass is 10.0. The third-order valence-corrected chi connectivity index (χ3v) is 2.45. The van der Waals surface area contributed by atoms with Crippen LogP contribution < -0.4 is 10.6 Å². The molecular weight excluding hydrogens is 176 g/mol. The molecule has 74 valence electrons. The number of amides is 1. The summed E-state index contributed by atoms with van der Waals surface area (Å²) in [6.07, 6.45) is 0.947. The first-order valence-corrected chi connectivity index (χ1v) is 4.97. The first kappa shape index (κ1) is 9.06. The van der Waals surface area contributed by atoms with Crippen LogP contribution in [-0.2, 0) is 6.42 Å². The van der Waals surface area contributed by atoms with Gasteiger partial charge < -0.3 is 10.6 Å². The summed E-state index contributed by atoms with van der Waals surface area (Å²) in [6, 6.07) is 5.82. The molecule has 2 rings (SSSR count). The lowest BCUT2D eigenvalue weighted by Gasteiger charge is -2.06. The van der Waals surface area contributed by atoms with E-state index in [1.807, 2.05) is 25.1 Å². The van der Waals surface area contributed by atoms with Gasteiger partial charge in [0.25, 0.3) is 5.91 Å². The van der Waals surface area contributed by atoms with Crippen molar-refractivity contribution in [2.24, 2.45) is 0 Å². The molecule has 0 bridgehead atoms. The molecule has 0 radical (unpaired) electrons. The zero-order valence-electron chi connectivity index (χ0n) is 8.26. The van der Waals surface area contributed by atoms with E-state index >= 15 is 0 Å². The Hall–Kier alpha value is -1.51. The number of nitrogens with one attached hydrogen (secondary N) is 2. The van der Waals surface area contributed by atoms with Gasteiger partial charge in [-0.15, -0.1) is 0 Å². The molecule has 0 aliphatic carbocycles. The summed E-state index contributed by atoms with van der Waals surface area (Å²) < 4.78 is 0. The second-order valence-corrected chi connectivity index (χ2v) is 3.37. The van der Waals surface area contributed by atoms with Gasteiger partial charge in [-0.05, 0) is 31.0 Å². The van der Waals surface area contributed by atoms with Crippen molar-refractivity contribution in [3.05, 3.63) is 29.3 Å². The van der Waals surface area contributed by atoms with E-state index in [0.717, 1.165) is 29.8 Å². The molecule has 0 unspecified atom stereocenters. The summed E-state index contributed by atoms with van der Waals surface area (Å²) in [6.45, 7) is 3.54. The van der Waals surface area contributed by atoms with Crippen LogP contribution in [0.3, 0.4) is 0 Å². The van der Waals surface area contributed by atoms with E-state index in [1.165, 1.54) is 0 Å². The molecule has 0 aromatic heterocycles. The van der Waals surface area contributed by atoms with Gasteiger partial charge in [0.1, 0.15) is 0 Å². The van der Waals surface area contributed by atoms with Crippen LogP contribution in [0, 0.1) is 0 Å². The van der Waals surface area contributed by atoms with Gasteiger partial charge in [-0.2, -0.15) is 0 Å². The molecule has 0 atom stereocenters. The van der Waals surface area contributed by atoms with Crippen LogP contribution in [0.4, 0.5) is 5.69 Å². The standard InChI is InChI=1S/C11H14N2O/c1-2-12-11(14)9-4-3-5-10-8(9)6-7-13-10/h3-5,13H,2,6-7H2,1H3,(H,12,14). The van der Waals surface area contributed by atoms with Crippen molar-refractivity contribution in [1.82, 2.24) is 5.32 Å². The smallest absolute Gasteiger partial charge is 0.251 e. The first-order valence-electron chi connectivity index (χ1n) is 4.97. The highest BCUT2D eigenvalue weighted by Crippen LogP contribution is 2.25. The van der Waals surface area contributed by atoms with Gasteiger partial charge in [0.05, 0.1) is 0 Å². The Morgan fingerprint density at radius 2 is 2.43 bits per heavy atom. The highest BCUT2D eigenvalue weighted by atomic mass is 16.1. The van der Waals surface area contributed by atoms with Crippen molar-refractivity contribution >= 4 is 11.6 Å². The van der Waals surface area contributed by atoms with Crippen molar-refractivity contribution < 1.29 is 4.79 Å². The summed E-state index contributed by atoms with van der Waals surface area (Å²) in [5, 5.41) is 6.08. The number of carbonyl (C=O) groups excluding carboxylic acids is 1. The third-order valence-electron chi connectivity index (χ3n) is 2.45. The van der Waals surface area contributed by atoms with Gasteiger partial charge in [-0.25, -0.2) is 0 Å². The minimum Gasteiger partial charge on any atom is -0.384 e. The van der Waals surface area contributed by atoms with Crippen LogP contribution in [0.25, 0.3) is 0 Å². The van der Waals surface area contributed by atoms with Crippen LogP contribution in [0.15, 0.2) is 18.2 Å². The number of anilines is 1. The molecule has 0 fully saturated rings. The highest BCUT2D eigenvalue weighted by Gasteiger charge is 2.17. The van der Waals surface area contributed by atoms with E-state index < -0.39 is 0 Å². The zero-order valence-corrected chi connectivity index (χ0v) is 8.26. The molecule has 14 heavy (non-hydrogen) atoms. The quantitative estimate of drug-likeness (QED) is 0.740. The molecule has 1 aromatic rings. The normalized spacial score (nSPS) is 13.2. The van der Waals surface area contributed by atoms with Crippen LogP contribution in [-0.4, -0.2) is 19.0 Å². The van der Waals surface area contributed by atoms with Crippen molar-refractivity contribution in [1.29, 1.82) is 0 Å². The Labute approximate surface area is 83.5 Å². The maximum atomic E-state index is 11.7. The topological polar surface area (TPSA) is 41.1 Å². The predicted octanol–water partition coefficient (Wildman–Crippen LogP) is 1.40. The molecule has 0 saturated carbocycles. The molecule has 0 spiro atoms. The van der Waals surface area contributed by atoms with Crippen molar-refractivity contribution in [2.75, 3.05) is 18.4 Å². The predicted molar refractivity (Wildman–Crippen MR) is 56.6 cm³/mol. The minimum atomic E-state index is 0.0352. The molecule has 2 N–H and O–H groups in total. The number of rotatable bonds is 2. The van der Waals surface area contributed by atoms with Crippen LogP contribution in [0.2, 0.25) is 0 Å². The van der Waals surface area contributed by atoms with Gasteiger partial charge in [-0.3, -0.25) is 4.79 Å². The molecule has 1 aromatic carbocycles. The van der Waals surface area contributed by atoms with Gasteiger partial charge in [-0.1, -0.05) is 6.07 Å². The monoisotopic (exact) mass is 190 g/mol. The summed E-state index contributed by atoms with van der Waals surface area (Å²) in [5.41, 5.74) is 3.07. The van der Waals surface area contributed by atoms with Gasteiger partial charge in [0.2, 0.25) is 0 Å². The number of carbonyl (C=O) groups is 1. The summed E-state index contributed by atoms with van der Waals surface area (Å²) in [5.74, 6) is 0.0352. The van der Waals surface area contributed by atoms with Crippen molar-refractivity contribution in [2.45, 2.75) is 13.3 Å². The molecule has 0 saturated heterocycles. The highest BCUT2D eigenvalue weighted by molar-refractivity contribution is 5.97. The van der Waals surface area contributed by atoms with E-state index in [9.17, 15) is 4.79 Å². The summed E-state index contributed by atoms with van der Waals surface area (Å²) >= 11 is 0. The Morgan fingerprint density at radius 1 is 1.57 bits per heavy atom. The Bertz CT molecular complexity index is 360. The molecule has 3 heteroatoms. The first-order chi connectivity index (χ1) is 6.83. The Balaban J connectivity index is 2.34. The Morgan fingerprint density at radius 3 is 3.21 bits per heavy atom. The zero-order chi connectivity index (χ0) is 9.97. The fraction of sp³-hybridized carbons (Fsp3) is 0.364. The molecule has 1 aliphatic heterocycles. The molecular formula is C11H14N2O. The fourth-order valence-corrected chi connectivity index (χ4v) is 1.81. The summed E-state index contributed by atoms with van der Waals surface area (Å²) in [7, 11) is 0. The van der Waals surface area contributed by atoms with Crippen LogP contribution in [0.1, 0.15) is 22.8 Å². The van der Waals surface area contributed by atoms with E-state index in [-0.39, 0.29) is 5.91 Å². The number of fused-ring (bicyclic) bond motifs is 1. The van der Waals surface area contributed by atoms with Gasteiger partial charge >= 0.3 is 0 Å². The van der Waals surface area contributed by atoms with Crippen LogP contribution >= 0.6 is 0 Å². The Kier molecular flexibility index (Phi) is 2.39. The molecule has 3 nitrogen and oxygen atoms in total. The molecule has 1 heterocycles. The van der Waals surface area contributed by atoms with E-state index in [1.54, 1.807) is 0 Å². The van der Waals surface area contributed by atoms with Crippen LogP contribution in [0.5, 0.6) is 0 Å². The SMILES string of the molecule is CCNC(=O)c1cccc2c1CCN2. The number of benzene rings is 1. The molecule has 1 aliphatic rings. The van der Waals surface area contributed by atoms with E-state index in [0.29, 0.717) is 6.54 Å². The van der Waals surface area contributed by atoms with E-state index in [2.05, 4.69) is 10.6 Å². The largest absolute Gasteiger partial charge is 0.384 e. The second-order valence-electron chi connectivity index (χ2n) is 3.37. The van der Waals surface area contributed by atoms with Crippen molar-refractivity contribution in [3.63, 3.8) is 0 Å².